The number of rotatable bonds is 4. The van der Waals surface area contributed by atoms with Gasteiger partial charge in [-0.1, -0.05) is 6.07 Å². The maximum absolute atomic E-state index is 4.23. The molecule has 0 spiro atoms. The van der Waals surface area contributed by atoms with Gasteiger partial charge in [0.05, 0.1) is 6.20 Å². The highest BCUT2D eigenvalue weighted by molar-refractivity contribution is 7.09. The zero-order valence-corrected chi connectivity index (χ0v) is 12.1. The minimum atomic E-state index is 1.03. The second-order valence-corrected chi connectivity index (χ2v) is 6.19. The van der Waals surface area contributed by atoms with Gasteiger partial charge in [-0.3, -0.25) is 14.5 Å². The van der Waals surface area contributed by atoms with Crippen molar-refractivity contribution in [2.75, 3.05) is 26.2 Å². The minimum Gasteiger partial charge on any atom is -0.296 e. The number of piperazine rings is 1. The fourth-order valence-electron chi connectivity index (χ4n) is 2.54. The van der Waals surface area contributed by atoms with E-state index in [0.717, 1.165) is 39.3 Å². The van der Waals surface area contributed by atoms with Gasteiger partial charge in [0.15, 0.2) is 0 Å². The molecule has 0 N–H and O–H groups in total. The van der Waals surface area contributed by atoms with Crippen LogP contribution in [0.15, 0.2) is 29.9 Å². The van der Waals surface area contributed by atoms with Crippen molar-refractivity contribution in [3.63, 3.8) is 0 Å². The molecule has 5 heteroatoms. The molecule has 1 fully saturated rings. The topological polar surface area (TPSA) is 24.3 Å². The minimum absolute atomic E-state index is 1.03. The van der Waals surface area contributed by atoms with Crippen LogP contribution >= 0.6 is 11.3 Å². The first-order chi connectivity index (χ1) is 9.29. The molecule has 4 nitrogen and oxygen atoms in total. The van der Waals surface area contributed by atoms with Crippen LogP contribution in [0, 0.1) is 0 Å². The molecule has 0 aliphatic carbocycles. The van der Waals surface area contributed by atoms with Crippen molar-refractivity contribution in [2.24, 2.45) is 7.05 Å². The van der Waals surface area contributed by atoms with Crippen molar-refractivity contribution < 1.29 is 0 Å². The number of hydrogen-bond acceptors (Lipinski definition) is 4. The van der Waals surface area contributed by atoms with E-state index in [1.165, 1.54) is 10.4 Å². The van der Waals surface area contributed by atoms with Gasteiger partial charge in [-0.25, -0.2) is 0 Å². The summed E-state index contributed by atoms with van der Waals surface area (Å²) in [6.07, 6.45) is 4.08. The van der Waals surface area contributed by atoms with E-state index < -0.39 is 0 Å². The zero-order chi connectivity index (χ0) is 13.1. The maximum atomic E-state index is 4.23. The summed E-state index contributed by atoms with van der Waals surface area (Å²) in [4.78, 5) is 6.54. The average molecular weight is 276 g/mol. The molecule has 0 aromatic carbocycles. The molecule has 3 heterocycles. The largest absolute Gasteiger partial charge is 0.296 e. The Morgan fingerprint density at radius 3 is 2.47 bits per heavy atom. The molecule has 1 aliphatic rings. The Morgan fingerprint density at radius 2 is 1.89 bits per heavy atom. The summed E-state index contributed by atoms with van der Waals surface area (Å²) in [5.74, 6) is 0. The van der Waals surface area contributed by atoms with Crippen molar-refractivity contribution in [1.82, 2.24) is 19.6 Å². The number of thiophene rings is 1. The number of nitrogens with zero attached hydrogens (tertiary/aromatic N) is 4. The van der Waals surface area contributed by atoms with Crippen molar-refractivity contribution in [3.05, 3.63) is 40.3 Å². The lowest BCUT2D eigenvalue weighted by molar-refractivity contribution is 0.123. The molecule has 0 radical (unpaired) electrons. The molecule has 0 unspecified atom stereocenters. The van der Waals surface area contributed by atoms with Crippen LogP contribution in [0.4, 0.5) is 0 Å². The quantitative estimate of drug-likeness (QED) is 0.851. The maximum Gasteiger partial charge on any atom is 0.0534 e. The third-order valence-corrected chi connectivity index (χ3v) is 4.45. The molecule has 1 saturated heterocycles. The normalized spacial score (nSPS) is 17.9. The van der Waals surface area contributed by atoms with Crippen molar-refractivity contribution in [1.29, 1.82) is 0 Å². The van der Waals surface area contributed by atoms with Crippen LogP contribution < -0.4 is 0 Å². The standard InChI is InChI=1S/C14H20N4S/c1-16-10-13(9-15-16)11-17-4-6-18(7-5-17)12-14-3-2-8-19-14/h2-3,8-10H,4-7,11-12H2,1H3. The SMILES string of the molecule is Cn1cc(CN2CCN(Cc3cccs3)CC2)cn1. The van der Waals surface area contributed by atoms with E-state index >= 15 is 0 Å². The Hall–Kier alpha value is -1.17. The van der Waals surface area contributed by atoms with Crippen LogP contribution in [0.1, 0.15) is 10.4 Å². The van der Waals surface area contributed by atoms with Gasteiger partial charge in [-0.05, 0) is 11.4 Å². The molecule has 2 aromatic rings. The fourth-order valence-corrected chi connectivity index (χ4v) is 3.29. The van der Waals surface area contributed by atoms with Gasteiger partial charge in [0.25, 0.3) is 0 Å². The van der Waals surface area contributed by atoms with Crippen molar-refractivity contribution in [3.8, 4) is 0 Å². The molecule has 19 heavy (non-hydrogen) atoms. The van der Waals surface area contributed by atoms with Gasteiger partial charge in [-0.15, -0.1) is 11.3 Å². The lowest BCUT2D eigenvalue weighted by Gasteiger charge is -2.34. The smallest absolute Gasteiger partial charge is 0.0534 e. The van der Waals surface area contributed by atoms with Crippen molar-refractivity contribution in [2.45, 2.75) is 13.1 Å². The molecular formula is C14H20N4S. The summed E-state index contributed by atoms with van der Waals surface area (Å²) < 4.78 is 1.88. The Balaban J connectivity index is 1.46. The number of aromatic nitrogens is 2. The Kier molecular flexibility index (Phi) is 3.96. The highest BCUT2D eigenvalue weighted by Gasteiger charge is 2.17. The van der Waals surface area contributed by atoms with Crippen LogP contribution in [-0.4, -0.2) is 45.8 Å². The lowest BCUT2D eigenvalue weighted by Crippen LogP contribution is -2.45. The van der Waals surface area contributed by atoms with Crippen LogP contribution in [0.5, 0.6) is 0 Å². The molecule has 2 aromatic heterocycles. The van der Waals surface area contributed by atoms with E-state index in [2.05, 4.69) is 38.6 Å². The molecule has 1 aliphatic heterocycles. The molecule has 102 valence electrons. The first kappa shape index (κ1) is 12.8. The molecule has 0 atom stereocenters. The van der Waals surface area contributed by atoms with E-state index in [4.69, 9.17) is 0 Å². The molecular weight excluding hydrogens is 256 g/mol. The summed E-state index contributed by atoms with van der Waals surface area (Å²) in [5.41, 5.74) is 1.31. The Morgan fingerprint density at radius 1 is 1.16 bits per heavy atom. The predicted molar refractivity (Wildman–Crippen MR) is 78.1 cm³/mol. The van der Waals surface area contributed by atoms with Gasteiger partial charge >= 0.3 is 0 Å². The van der Waals surface area contributed by atoms with Gasteiger partial charge in [0.1, 0.15) is 0 Å². The highest BCUT2D eigenvalue weighted by atomic mass is 32.1. The predicted octanol–water partition coefficient (Wildman–Crippen LogP) is 1.80. The van der Waals surface area contributed by atoms with Crippen molar-refractivity contribution >= 4 is 11.3 Å². The third kappa shape index (κ3) is 3.43. The first-order valence-corrected chi connectivity index (χ1v) is 7.62. The van der Waals surface area contributed by atoms with Crippen LogP contribution in [0.25, 0.3) is 0 Å². The second-order valence-electron chi connectivity index (χ2n) is 5.15. The number of hydrogen-bond donors (Lipinski definition) is 0. The molecule has 3 rings (SSSR count). The summed E-state index contributed by atoms with van der Waals surface area (Å²) in [5, 5.41) is 6.39. The van der Waals surface area contributed by atoms with Crippen LogP contribution in [0.3, 0.4) is 0 Å². The molecule has 0 bridgehead atoms. The van der Waals surface area contributed by atoms with Gasteiger partial charge in [-0.2, -0.15) is 5.10 Å². The van der Waals surface area contributed by atoms with E-state index in [9.17, 15) is 0 Å². The summed E-state index contributed by atoms with van der Waals surface area (Å²) >= 11 is 1.86. The fraction of sp³-hybridized carbons (Fsp3) is 0.500. The number of aryl methyl sites for hydroxylation is 1. The third-order valence-electron chi connectivity index (χ3n) is 3.59. The van der Waals surface area contributed by atoms with Gasteiger partial charge < -0.3 is 0 Å². The summed E-state index contributed by atoms with van der Waals surface area (Å²) in [6.45, 7) is 6.77. The van der Waals surface area contributed by atoms with E-state index in [1.54, 1.807) is 0 Å². The van der Waals surface area contributed by atoms with Gasteiger partial charge in [0.2, 0.25) is 0 Å². The summed E-state index contributed by atoms with van der Waals surface area (Å²) in [6, 6.07) is 4.37. The second kappa shape index (κ2) is 5.86. The Labute approximate surface area is 118 Å². The lowest BCUT2D eigenvalue weighted by atomic mass is 10.2. The first-order valence-electron chi connectivity index (χ1n) is 6.74. The van der Waals surface area contributed by atoms with Gasteiger partial charge in [0, 0.05) is 63.0 Å². The van der Waals surface area contributed by atoms with Crippen LogP contribution in [-0.2, 0) is 20.1 Å². The molecule has 0 saturated carbocycles. The Bertz CT molecular complexity index is 497. The van der Waals surface area contributed by atoms with E-state index in [1.807, 2.05) is 29.3 Å². The summed E-state index contributed by atoms with van der Waals surface area (Å²) in [7, 11) is 1.97. The van der Waals surface area contributed by atoms with E-state index in [-0.39, 0.29) is 0 Å². The monoisotopic (exact) mass is 276 g/mol. The molecule has 0 amide bonds. The average Bonchev–Trinajstić information content (AvgIpc) is 3.04. The van der Waals surface area contributed by atoms with Crippen LogP contribution in [0.2, 0.25) is 0 Å². The zero-order valence-electron chi connectivity index (χ0n) is 11.3. The van der Waals surface area contributed by atoms with E-state index in [0.29, 0.717) is 0 Å². The highest BCUT2D eigenvalue weighted by Crippen LogP contribution is 2.14.